The number of hydrogen-bond donors (Lipinski definition) is 2. The summed E-state index contributed by atoms with van der Waals surface area (Å²) in [4.78, 5) is 13.8. The number of rotatable bonds is 8. The van der Waals surface area contributed by atoms with Gasteiger partial charge in [0.1, 0.15) is 6.04 Å². The Morgan fingerprint density at radius 3 is 2.55 bits per heavy atom. The molecule has 110 valence electrons. The molecule has 1 fully saturated rings. The quantitative estimate of drug-likeness (QED) is 0.715. The summed E-state index contributed by atoms with van der Waals surface area (Å²) in [6, 6.07) is 8.77. The van der Waals surface area contributed by atoms with Crippen LogP contribution in [0.15, 0.2) is 30.3 Å². The zero-order valence-electron chi connectivity index (χ0n) is 11.9. The number of aliphatic carboxylic acids is 1. The smallest absolute Gasteiger partial charge is 0.325 e. The number of likely N-dealkylation sites (tertiary alicyclic amines) is 1. The minimum Gasteiger partial charge on any atom is -0.480 e. The van der Waals surface area contributed by atoms with Gasteiger partial charge in [0.2, 0.25) is 0 Å². The lowest BCUT2D eigenvalue weighted by Crippen LogP contribution is -2.30. The number of nitrogens with zero attached hydrogens (tertiary/aromatic N) is 1. The van der Waals surface area contributed by atoms with Crippen LogP contribution in [-0.2, 0) is 4.79 Å². The number of benzene rings is 1. The van der Waals surface area contributed by atoms with E-state index in [4.69, 9.17) is 0 Å². The maximum absolute atomic E-state index is 11.3. The first-order valence-corrected chi connectivity index (χ1v) is 7.51. The van der Waals surface area contributed by atoms with Gasteiger partial charge < -0.3 is 15.3 Å². The fourth-order valence-corrected chi connectivity index (χ4v) is 2.71. The van der Waals surface area contributed by atoms with Crippen LogP contribution in [0.4, 0.5) is 0 Å². The lowest BCUT2D eigenvalue weighted by molar-refractivity contribution is -0.139. The molecule has 1 unspecified atom stereocenters. The Morgan fingerprint density at radius 2 is 1.90 bits per heavy atom. The van der Waals surface area contributed by atoms with E-state index in [-0.39, 0.29) is 0 Å². The van der Waals surface area contributed by atoms with Crippen LogP contribution in [-0.4, -0.2) is 42.2 Å². The van der Waals surface area contributed by atoms with Crippen molar-refractivity contribution in [3.8, 4) is 0 Å². The Balaban J connectivity index is 1.69. The number of nitrogens with one attached hydrogen (secondary N) is 1. The summed E-state index contributed by atoms with van der Waals surface area (Å²) in [6.07, 6.45) is 4.81. The fourth-order valence-electron chi connectivity index (χ4n) is 2.71. The van der Waals surface area contributed by atoms with Gasteiger partial charge in [-0.15, -0.1) is 0 Å². The van der Waals surface area contributed by atoms with E-state index in [1.165, 1.54) is 25.9 Å². The number of carboxylic acids is 1. The molecule has 1 saturated heterocycles. The molecule has 0 aromatic heterocycles. The van der Waals surface area contributed by atoms with Crippen molar-refractivity contribution in [1.82, 2.24) is 10.2 Å². The van der Waals surface area contributed by atoms with Gasteiger partial charge in [0.25, 0.3) is 0 Å². The zero-order valence-corrected chi connectivity index (χ0v) is 11.9. The van der Waals surface area contributed by atoms with Crippen molar-refractivity contribution in [2.24, 2.45) is 0 Å². The van der Waals surface area contributed by atoms with Gasteiger partial charge in [-0.2, -0.15) is 0 Å². The van der Waals surface area contributed by atoms with Gasteiger partial charge in [-0.25, -0.2) is 0 Å². The molecule has 0 bridgehead atoms. The van der Waals surface area contributed by atoms with Gasteiger partial charge in [0.05, 0.1) is 0 Å². The highest BCUT2D eigenvalue weighted by molar-refractivity contribution is 5.75. The van der Waals surface area contributed by atoms with E-state index in [1.54, 1.807) is 0 Å². The highest BCUT2D eigenvalue weighted by Crippen LogP contribution is 2.13. The van der Waals surface area contributed by atoms with Crippen LogP contribution >= 0.6 is 0 Å². The molecule has 1 aliphatic heterocycles. The standard InChI is InChI=1S/C16H24N2O2/c19-16(20)15(14-8-2-1-3-9-14)17-10-4-5-11-18-12-6-7-13-18/h1-3,8-9,15,17H,4-7,10-13H2,(H,19,20). The number of carbonyl (C=O) groups is 1. The number of hydrogen-bond acceptors (Lipinski definition) is 3. The molecule has 0 saturated carbocycles. The van der Waals surface area contributed by atoms with Gasteiger partial charge in [0, 0.05) is 0 Å². The fraction of sp³-hybridized carbons (Fsp3) is 0.562. The number of carboxylic acid groups (broad SMARTS) is 1. The summed E-state index contributed by atoms with van der Waals surface area (Å²) in [5.74, 6) is -0.809. The van der Waals surface area contributed by atoms with Crippen LogP contribution < -0.4 is 5.32 Å². The van der Waals surface area contributed by atoms with Crippen molar-refractivity contribution in [3.05, 3.63) is 35.9 Å². The van der Waals surface area contributed by atoms with Crippen LogP contribution in [0, 0.1) is 0 Å². The second-order valence-corrected chi connectivity index (χ2v) is 5.39. The molecule has 4 nitrogen and oxygen atoms in total. The molecule has 2 N–H and O–H groups in total. The Morgan fingerprint density at radius 1 is 1.20 bits per heavy atom. The van der Waals surface area contributed by atoms with E-state index >= 15 is 0 Å². The van der Waals surface area contributed by atoms with Crippen LogP contribution in [0.3, 0.4) is 0 Å². The molecule has 0 aliphatic carbocycles. The molecule has 1 aromatic carbocycles. The SMILES string of the molecule is O=C(O)C(NCCCCN1CCCC1)c1ccccc1. The normalized spacial score (nSPS) is 17.2. The summed E-state index contributed by atoms with van der Waals surface area (Å²) in [5, 5.41) is 12.4. The molecule has 1 aromatic rings. The third kappa shape index (κ3) is 4.62. The Kier molecular flexibility index (Phi) is 6.02. The molecule has 1 atom stereocenters. The average Bonchev–Trinajstić information content (AvgIpc) is 2.96. The van der Waals surface area contributed by atoms with Crippen molar-refractivity contribution in [1.29, 1.82) is 0 Å². The summed E-state index contributed by atoms with van der Waals surface area (Å²) in [5.41, 5.74) is 0.819. The van der Waals surface area contributed by atoms with Gasteiger partial charge in [-0.3, -0.25) is 4.79 Å². The molecule has 0 spiro atoms. The second-order valence-electron chi connectivity index (χ2n) is 5.39. The van der Waals surface area contributed by atoms with Gasteiger partial charge in [-0.05, 0) is 57.4 Å². The molecule has 0 amide bonds. The maximum Gasteiger partial charge on any atom is 0.325 e. The summed E-state index contributed by atoms with van der Waals surface area (Å²) < 4.78 is 0. The number of unbranched alkanes of at least 4 members (excludes halogenated alkanes) is 1. The molecule has 4 heteroatoms. The molecule has 1 aliphatic rings. The van der Waals surface area contributed by atoms with E-state index < -0.39 is 12.0 Å². The summed E-state index contributed by atoms with van der Waals surface area (Å²) in [6.45, 7) is 4.36. The van der Waals surface area contributed by atoms with Crippen molar-refractivity contribution in [2.75, 3.05) is 26.2 Å². The highest BCUT2D eigenvalue weighted by Gasteiger charge is 2.18. The molecule has 2 rings (SSSR count). The van der Waals surface area contributed by atoms with E-state index in [1.807, 2.05) is 30.3 Å². The molecule has 20 heavy (non-hydrogen) atoms. The van der Waals surface area contributed by atoms with Crippen molar-refractivity contribution < 1.29 is 9.90 Å². The van der Waals surface area contributed by atoms with Gasteiger partial charge >= 0.3 is 5.97 Å². The third-order valence-electron chi connectivity index (χ3n) is 3.83. The lowest BCUT2D eigenvalue weighted by atomic mass is 10.1. The van der Waals surface area contributed by atoms with Crippen molar-refractivity contribution in [3.63, 3.8) is 0 Å². The van der Waals surface area contributed by atoms with Crippen molar-refractivity contribution >= 4 is 5.97 Å². The first-order valence-electron chi connectivity index (χ1n) is 7.51. The first kappa shape index (κ1) is 15.0. The molecule has 1 heterocycles. The van der Waals surface area contributed by atoms with Crippen LogP contribution in [0.2, 0.25) is 0 Å². The average molecular weight is 276 g/mol. The predicted octanol–water partition coefficient (Wildman–Crippen LogP) is 2.28. The Bertz CT molecular complexity index is 402. The van der Waals surface area contributed by atoms with Crippen LogP contribution in [0.25, 0.3) is 0 Å². The maximum atomic E-state index is 11.3. The van der Waals surface area contributed by atoms with E-state index in [2.05, 4.69) is 10.2 Å². The lowest BCUT2D eigenvalue weighted by Gasteiger charge is -2.16. The Hall–Kier alpha value is -1.39. The predicted molar refractivity (Wildman–Crippen MR) is 79.7 cm³/mol. The Labute approximate surface area is 120 Å². The highest BCUT2D eigenvalue weighted by atomic mass is 16.4. The second kappa shape index (κ2) is 8.02. The molecular formula is C16H24N2O2. The molecule has 0 radical (unpaired) electrons. The monoisotopic (exact) mass is 276 g/mol. The van der Waals surface area contributed by atoms with Crippen LogP contribution in [0.5, 0.6) is 0 Å². The minimum atomic E-state index is -0.809. The summed E-state index contributed by atoms with van der Waals surface area (Å²) >= 11 is 0. The van der Waals surface area contributed by atoms with E-state index in [9.17, 15) is 9.90 Å². The van der Waals surface area contributed by atoms with Gasteiger partial charge in [0.15, 0.2) is 0 Å². The zero-order chi connectivity index (χ0) is 14.2. The van der Waals surface area contributed by atoms with Crippen LogP contribution in [0.1, 0.15) is 37.3 Å². The largest absolute Gasteiger partial charge is 0.480 e. The summed E-state index contributed by atoms with van der Waals surface area (Å²) in [7, 11) is 0. The third-order valence-corrected chi connectivity index (χ3v) is 3.83. The van der Waals surface area contributed by atoms with E-state index in [0.717, 1.165) is 31.5 Å². The topological polar surface area (TPSA) is 52.6 Å². The first-order chi connectivity index (χ1) is 9.77. The van der Waals surface area contributed by atoms with Crippen molar-refractivity contribution in [2.45, 2.75) is 31.7 Å². The van der Waals surface area contributed by atoms with Gasteiger partial charge in [-0.1, -0.05) is 30.3 Å². The molecular weight excluding hydrogens is 252 g/mol. The van der Waals surface area contributed by atoms with E-state index in [0.29, 0.717) is 0 Å². The minimum absolute atomic E-state index is 0.594.